The van der Waals surface area contributed by atoms with Crippen molar-refractivity contribution >= 4 is 0 Å². The van der Waals surface area contributed by atoms with E-state index in [9.17, 15) is 0 Å². The molecule has 2 atom stereocenters. The monoisotopic (exact) mass is 227 g/mol. The summed E-state index contributed by atoms with van der Waals surface area (Å²) in [4.78, 5) is 4.94. The second-order valence-electron chi connectivity index (χ2n) is 5.53. The molecule has 1 rings (SSSR count). The maximum Gasteiger partial charge on any atom is 0.0470 e. The minimum Gasteiger partial charge on any atom is -0.329 e. The maximum atomic E-state index is 6.03. The lowest BCUT2D eigenvalue weighted by atomic mass is 9.94. The van der Waals surface area contributed by atoms with Crippen molar-refractivity contribution in [1.82, 2.24) is 9.80 Å². The molecule has 0 saturated carbocycles. The molecule has 0 bridgehead atoms. The average Bonchev–Trinajstić information content (AvgIpc) is 2.56. The Morgan fingerprint density at radius 3 is 2.56 bits per heavy atom. The van der Waals surface area contributed by atoms with Crippen LogP contribution in [0.15, 0.2) is 0 Å². The molecule has 0 aromatic rings. The lowest BCUT2D eigenvalue weighted by Gasteiger charge is -2.38. The molecule has 3 heteroatoms. The van der Waals surface area contributed by atoms with E-state index in [-0.39, 0.29) is 5.54 Å². The number of hydrogen-bond donors (Lipinski definition) is 1. The van der Waals surface area contributed by atoms with Crippen LogP contribution < -0.4 is 5.73 Å². The first-order chi connectivity index (χ1) is 7.55. The van der Waals surface area contributed by atoms with E-state index in [1.54, 1.807) is 0 Å². The van der Waals surface area contributed by atoms with Gasteiger partial charge < -0.3 is 10.6 Å². The third-order valence-electron chi connectivity index (χ3n) is 4.26. The lowest BCUT2D eigenvalue weighted by Crippen LogP contribution is -2.54. The molecule has 1 fully saturated rings. The highest BCUT2D eigenvalue weighted by Crippen LogP contribution is 2.29. The molecule has 16 heavy (non-hydrogen) atoms. The summed E-state index contributed by atoms with van der Waals surface area (Å²) >= 11 is 0. The van der Waals surface area contributed by atoms with Crippen LogP contribution >= 0.6 is 0 Å². The number of rotatable bonds is 6. The van der Waals surface area contributed by atoms with Crippen LogP contribution in [0.5, 0.6) is 0 Å². The van der Waals surface area contributed by atoms with Gasteiger partial charge in [-0.3, -0.25) is 4.90 Å². The summed E-state index contributed by atoms with van der Waals surface area (Å²) in [7, 11) is 4.45. The molecule has 1 aliphatic heterocycles. The van der Waals surface area contributed by atoms with Crippen LogP contribution in [0.3, 0.4) is 0 Å². The highest BCUT2D eigenvalue weighted by Gasteiger charge is 2.42. The Labute approximate surface area is 101 Å². The van der Waals surface area contributed by atoms with E-state index in [1.807, 2.05) is 0 Å². The fourth-order valence-electron chi connectivity index (χ4n) is 2.81. The Morgan fingerprint density at radius 2 is 2.12 bits per heavy atom. The van der Waals surface area contributed by atoms with Crippen LogP contribution in [0.4, 0.5) is 0 Å². The molecule has 0 aromatic heterocycles. The Hall–Kier alpha value is -0.120. The highest BCUT2D eigenvalue weighted by atomic mass is 15.3. The second-order valence-corrected chi connectivity index (χ2v) is 5.53. The molecule has 0 spiro atoms. The van der Waals surface area contributed by atoms with Crippen LogP contribution in [0.1, 0.15) is 39.5 Å². The van der Waals surface area contributed by atoms with Gasteiger partial charge in [-0.05, 0) is 40.4 Å². The minimum absolute atomic E-state index is 0.224. The largest absolute Gasteiger partial charge is 0.329 e. The van der Waals surface area contributed by atoms with Crippen molar-refractivity contribution in [2.45, 2.75) is 51.1 Å². The number of nitrogens with zero attached hydrogens (tertiary/aromatic N) is 2. The van der Waals surface area contributed by atoms with E-state index in [0.29, 0.717) is 6.04 Å². The first kappa shape index (κ1) is 13.9. The fourth-order valence-corrected chi connectivity index (χ4v) is 2.81. The van der Waals surface area contributed by atoms with E-state index in [2.05, 4.69) is 37.7 Å². The molecule has 0 aromatic carbocycles. The quantitative estimate of drug-likeness (QED) is 0.699. The molecule has 1 saturated heterocycles. The van der Waals surface area contributed by atoms with E-state index in [4.69, 9.17) is 5.73 Å². The summed E-state index contributed by atoms with van der Waals surface area (Å²) in [5, 5.41) is 0. The van der Waals surface area contributed by atoms with Gasteiger partial charge in [0.2, 0.25) is 0 Å². The molecule has 2 unspecified atom stereocenters. The smallest absolute Gasteiger partial charge is 0.0470 e. The van der Waals surface area contributed by atoms with Gasteiger partial charge in [0.1, 0.15) is 0 Å². The van der Waals surface area contributed by atoms with Crippen molar-refractivity contribution < 1.29 is 0 Å². The van der Waals surface area contributed by atoms with Gasteiger partial charge in [-0.2, -0.15) is 0 Å². The third-order valence-corrected chi connectivity index (χ3v) is 4.26. The summed E-state index contributed by atoms with van der Waals surface area (Å²) in [6, 6.07) is 0.664. The number of hydrogen-bond acceptors (Lipinski definition) is 3. The van der Waals surface area contributed by atoms with Gasteiger partial charge in [0.25, 0.3) is 0 Å². The van der Waals surface area contributed by atoms with Gasteiger partial charge in [0.05, 0.1) is 0 Å². The van der Waals surface area contributed by atoms with Gasteiger partial charge in [0, 0.05) is 24.7 Å². The normalized spacial score (nSPS) is 31.5. The minimum atomic E-state index is 0.224. The lowest BCUT2D eigenvalue weighted by molar-refractivity contribution is 0.131. The van der Waals surface area contributed by atoms with Gasteiger partial charge in [-0.15, -0.1) is 0 Å². The zero-order valence-corrected chi connectivity index (χ0v) is 11.5. The first-order valence-electron chi connectivity index (χ1n) is 6.67. The summed E-state index contributed by atoms with van der Waals surface area (Å²) in [5.74, 6) is 0. The second kappa shape index (κ2) is 5.99. The van der Waals surface area contributed by atoms with Gasteiger partial charge in [-0.1, -0.05) is 19.8 Å². The molecule has 2 N–H and O–H groups in total. The number of unbranched alkanes of at least 4 members (excludes halogenated alkanes) is 2. The molecule has 0 radical (unpaired) electrons. The Balaban J connectivity index is 2.52. The standard InChI is InChI=1S/C13H29N3/c1-5-6-7-8-16(4)13(10-14)9-12(2)15(3)11-13/h12H,5-11,14H2,1-4H3. The van der Waals surface area contributed by atoms with Crippen molar-refractivity contribution in [3.8, 4) is 0 Å². The van der Waals surface area contributed by atoms with Crippen molar-refractivity contribution in [3.05, 3.63) is 0 Å². The van der Waals surface area contributed by atoms with Gasteiger partial charge in [-0.25, -0.2) is 0 Å². The zero-order chi connectivity index (χ0) is 12.2. The van der Waals surface area contributed by atoms with Crippen LogP contribution in [0, 0.1) is 0 Å². The van der Waals surface area contributed by atoms with Crippen molar-refractivity contribution in [3.63, 3.8) is 0 Å². The van der Waals surface area contributed by atoms with Gasteiger partial charge in [0.15, 0.2) is 0 Å². The van der Waals surface area contributed by atoms with Crippen molar-refractivity contribution in [2.24, 2.45) is 5.73 Å². The molecule has 0 amide bonds. The maximum absolute atomic E-state index is 6.03. The molecule has 1 aliphatic rings. The predicted molar refractivity (Wildman–Crippen MR) is 70.6 cm³/mol. The molecular formula is C13H29N3. The van der Waals surface area contributed by atoms with Crippen LogP contribution in [-0.4, -0.2) is 55.1 Å². The Bertz CT molecular complexity index is 195. The summed E-state index contributed by atoms with van der Waals surface area (Å²) in [6.07, 6.45) is 5.13. The number of likely N-dealkylation sites (tertiary alicyclic amines) is 1. The highest BCUT2D eigenvalue weighted by molar-refractivity contribution is 5.01. The average molecular weight is 227 g/mol. The SMILES string of the molecule is CCCCCN(C)C1(CN)CC(C)N(C)C1. The Kier molecular flexibility index (Phi) is 5.22. The molecule has 0 aliphatic carbocycles. The molecule has 96 valence electrons. The predicted octanol–water partition coefficient (Wildman–Crippen LogP) is 1.53. The summed E-state index contributed by atoms with van der Waals surface area (Å²) in [5.41, 5.74) is 6.25. The Morgan fingerprint density at radius 1 is 1.44 bits per heavy atom. The third kappa shape index (κ3) is 2.96. The zero-order valence-electron chi connectivity index (χ0n) is 11.5. The molecule has 1 heterocycles. The molecular weight excluding hydrogens is 198 g/mol. The van der Waals surface area contributed by atoms with E-state index in [1.165, 1.54) is 32.2 Å². The summed E-state index contributed by atoms with van der Waals surface area (Å²) < 4.78 is 0. The van der Waals surface area contributed by atoms with E-state index >= 15 is 0 Å². The topological polar surface area (TPSA) is 32.5 Å². The van der Waals surface area contributed by atoms with Crippen LogP contribution in [-0.2, 0) is 0 Å². The molecule has 3 nitrogen and oxygen atoms in total. The van der Waals surface area contributed by atoms with Crippen LogP contribution in [0.2, 0.25) is 0 Å². The van der Waals surface area contributed by atoms with Crippen molar-refractivity contribution in [1.29, 1.82) is 0 Å². The number of likely N-dealkylation sites (N-methyl/N-ethyl adjacent to an activating group) is 2. The van der Waals surface area contributed by atoms with E-state index in [0.717, 1.165) is 13.1 Å². The fraction of sp³-hybridized carbons (Fsp3) is 1.00. The first-order valence-corrected chi connectivity index (χ1v) is 6.67. The van der Waals surface area contributed by atoms with Crippen molar-refractivity contribution in [2.75, 3.05) is 33.7 Å². The van der Waals surface area contributed by atoms with E-state index < -0.39 is 0 Å². The summed E-state index contributed by atoms with van der Waals surface area (Å²) in [6.45, 7) is 7.64. The van der Waals surface area contributed by atoms with Gasteiger partial charge >= 0.3 is 0 Å². The van der Waals surface area contributed by atoms with Crippen LogP contribution in [0.25, 0.3) is 0 Å². The number of nitrogens with two attached hydrogens (primary N) is 1.